The van der Waals surface area contributed by atoms with Crippen molar-refractivity contribution in [3.63, 3.8) is 0 Å². The van der Waals surface area contributed by atoms with Gasteiger partial charge in [0.25, 0.3) is 5.91 Å². The first-order valence-corrected chi connectivity index (χ1v) is 7.50. The molecule has 2 rings (SSSR count). The number of aliphatic hydroxyl groups excluding tert-OH is 1. The highest BCUT2D eigenvalue weighted by Gasteiger charge is 2.31. The number of alkyl halides is 3. The highest BCUT2D eigenvalue weighted by molar-refractivity contribution is 7.16. The Morgan fingerprint density at radius 2 is 2.04 bits per heavy atom. The van der Waals surface area contributed by atoms with E-state index >= 15 is 0 Å². The van der Waals surface area contributed by atoms with Crippen molar-refractivity contribution in [2.75, 3.05) is 12.4 Å². The summed E-state index contributed by atoms with van der Waals surface area (Å²) in [4.78, 5) is 22.4. The standard InChI is InChI=1S/C15H13F3N2O3S/c1-19-14-10(13(23)20-7-21)6-11(24-14)12(22)8-3-2-4-9(5-8)15(16,17)18/h2-7,12,19,22H,1H3,(H,20,21,23). The van der Waals surface area contributed by atoms with Gasteiger partial charge in [0, 0.05) is 11.9 Å². The second kappa shape index (κ2) is 7.02. The van der Waals surface area contributed by atoms with Gasteiger partial charge in [0.05, 0.1) is 11.1 Å². The van der Waals surface area contributed by atoms with Crippen molar-refractivity contribution < 1.29 is 27.9 Å². The van der Waals surface area contributed by atoms with Crippen LogP contribution in [0.4, 0.5) is 18.2 Å². The lowest BCUT2D eigenvalue weighted by molar-refractivity contribution is -0.137. The first-order valence-electron chi connectivity index (χ1n) is 6.69. The van der Waals surface area contributed by atoms with E-state index in [1.165, 1.54) is 18.2 Å². The molecular weight excluding hydrogens is 345 g/mol. The van der Waals surface area contributed by atoms with E-state index in [0.717, 1.165) is 23.5 Å². The smallest absolute Gasteiger partial charge is 0.383 e. The van der Waals surface area contributed by atoms with Crippen LogP contribution < -0.4 is 10.6 Å². The molecule has 2 amide bonds. The quantitative estimate of drug-likeness (QED) is 0.718. The van der Waals surface area contributed by atoms with Gasteiger partial charge in [0.15, 0.2) is 0 Å². The number of thiophene rings is 1. The number of rotatable bonds is 5. The molecule has 9 heteroatoms. The lowest BCUT2D eigenvalue weighted by Gasteiger charge is -2.12. The maximum atomic E-state index is 12.8. The predicted molar refractivity (Wildman–Crippen MR) is 82.9 cm³/mol. The summed E-state index contributed by atoms with van der Waals surface area (Å²) in [6, 6.07) is 5.67. The lowest BCUT2D eigenvalue weighted by atomic mass is 10.0. The van der Waals surface area contributed by atoms with Crippen molar-refractivity contribution in [2.24, 2.45) is 0 Å². The summed E-state index contributed by atoms with van der Waals surface area (Å²) < 4.78 is 38.3. The van der Waals surface area contributed by atoms with Crippen molar-refractivity contribution in [2.45, 2.75) is 12.3 Å². The number of halogens is 3. The largest absolute Gasteiger partial charge is 0.416 e. The van der Waals surface area contributed by atoms with Crippen molar-refractivity contribution in [3.8, 4) is 0 Å². The second-order valence-electron chi connectivity index (χ2n) is 4.76. The van der Waals surface area contributed by atoms with Crippen LogP contribution in [0.2, 0.25) is 0 Å². The maximum Gasteiger partial charge on any atom is 0.416 e. The van der Waals surface area contributed by atoms with Gasteiger partial charge in [0.2, 0.25) is 6.41 Å². The Morgan fingerprint density at radius 3 is 2.62 bits per heavy atom. The van der Waals surface area contributed by atoms with E-state index in [0.29, 0.717) is 5.00 Å². The fourth-order valence-corrected chi connectivity index (χ4v) is 3.10. The van der Waals surface area contributed by atoms with Gasteiger partial charge in [-0.15, -0.1) is 11.3 Å². The summed E-state index contributed by atoms with van der Waals surface area (Å²) in [6.45, 7) is 0. The van der Waals surface area contributed by atoms with Gasteiger partial charge in [-0.05, 0) is 23.8 Å². The third-order valence-corrected chi connectivity index (χ3v) is 4.42. The molecule has 0 fully saturated rings. The maximum absolute atomic E-state index is 12.8. The van der Waals surface area contributed by atoms with E-state index < -0.39 is 23.8 Å². The molecule has 1 aromatic heterocycles. The average Bonchev–Trinajstić information content (AvgIpc) is 2.98. The van der Waals surface area contributed by atoms with Crippen molar-refractivity contribution in [1.82, 2.24) is 5.32 Å². The van der Waals surface area contributed by atoms with Crippen LogP contribution in [0.15, 0.2) is 30.3 Å². The second-order valence-corrected chi connectivity index (χ2v) is 5.84. The topological polar surface area (TPSA) is 78.4 Å². The number of hydrogen-bond donors (Lipinski definition) is 3. The van der Waals surface area contributed by atoms with Crippen LogP contribution >= 0.6 is 11.3 Å². The number of anilines is 1. The number of carbonyl (C=O) groups excluding carboxylic acids is 2. The molecule has 0 saturated carbocycles. The molecule has 1 aromatic carbocycles. The van der Waals surface area contributed by atoms with Gasteiger partial charge in [0.1, 0.15) is 11.1 Å². The Kier molecular flexibility index (Phi) is 5.25. The van der Waals surface area contributed by atoms with Crippen LogP contribution in [-0.4, -0.2) is 24.5 Å². The number of nitrogens with one attached hydrogen (secondary N) is 2. The summed E-state index contributed by atoms with van der Waals surface area (Å²) in [5.74, 6) is -0.673. The zero-order chi connectivity index (χ0) is 17.9. The molecule has 128 valence electrons. The van der Waals surface area contributed by atoms with Crippen LogP contribution in [0.1, 0.15) is 32.5 Å². The molecule has 0 aliphatic carbocycles. The number of aliphatic hydroxyl groups is 1. The molecule has 0 aliphatic rings. The van der Waals surface area contributed by atoms with E-state index in [1.807, 2.05) is 5.32 Å². The van der Waals surface area contributed by atoms with Crippen LogP contribution in [-0.2, 0) is 11.0 Å². The SMILES string of the molecule is CNc1sc(C(O)c2cccc(C(F)(F)F)c2)cc1C(=O)NC=O. The van der Waals surface area contributed by atoms with E-state index in [1.54, 1.807) is 7.05 Å². The van der Waals surface area contributed by atoms with E-state index in [2.05, 4.69) is 5.32 Å². The zero-order valence-electron chi connectivity index (χ0n) is 12.3. The summed E-state index contributed by atoms with van der Waals surface area (Å²) >= 11 is 1.01. The minimum Gasteiger partial charge on any atom is -0.383 e. The van der Waals surface area contributed by atoms with Gasteiger partial charge in [-0.25, -0.2) is 0 Å². The summed E-state index contributed by atoms with van der Waals surface area (Å²) in [6.07, 6.45) is -5.62. The molecule has 0 aliphatic heterocycles. The minimum atomic E-state index is -4.52. The summed E-state index contributed by atoms with van der Waals surface area (Å²) in [5, 5.41) is 15.4. The van der Waals surface area contributed by atoms with Crippen molar-refractivity contribution in [1.29, 1.82) is 0 Å². The van der Waals surface area contributed by atoms with Gasteiger partial charge >= 0.3 is 6.18 Å². The Balaban J connectivity index is 2.38. The first kappa shape index (κ1) is 18.0. The van der Waals surface area contributed by atoms with E-state index in [-0.39, 0.29) is 22.4 Å². The molecule has 1 unspecified atom stereocenters. The number of hydrogen-bond acceptors (Lipinski definition) is 5. The molecule has 0 radical (unpaired) electrons. The van der Waals surface area contributed by atoms with Crippen molar-refractivity contribution in [3.05, 3.63) is 51.9 Å². The van der Waals surface area contributed by atoms with E-state index in [9.17, 15) is 27.9 Å². The Hall–Kier alpha value is -2.39. The normalized spacial score (nSPS) is 12.5. The van der Waals surface area contributed by atoms with Gasteiger partial charge < -0.3 is 10.4 Å². The minimum absolute atomic E-state index is 0.0519. The molecule has 0 saturated heterocycles. The molecule has 1 atom stereocenters. The van der Waals surface area contributed by atoms with Crippen LogP contribution in [0.5, 0.6) is 0 Å². The molecule has 3 N–H and O–H groups in total. The number of carbonyl (C=O) groups is 2. The van der Waals surface area contributed by atoms with Gasteiger partial charge in [-0.3, -0.25) is 14.9 Å². The molecule has 5 nitrogen and oxygen atoms in total. The fourth-order valence-electron chi connectivity index (χ4n) is 2.08. The van der Waals surface area contributed by atoms with Crippen LogP contribution in [0, 0.1) is 0 Å². The Bertz CT molecular complexity index is 759. The Morgan fingerprint density at radius 1 is 1.33 bits per heavy atom. The molecule has 1 heterocycles. The van der Waals surface area contributed by atoms with E-state index in [4.69, 9.17) is 0 Å². The third-order valence-electron chi connectivity index (χ3n) is 3.21. The van der Waals surface area contributed by atoms with Crippen molar-refractivity contribution >= 4 is 28.7 Å². The van der Waals surface area contributed by atoms with Crippen LogP contribution in [0.25, 0.3) is 0 Å². The highest BCUT2D eigenvalue weighted by Crippen LogP contribution is 2.36. The molecule has 24 heavy (non-hydrogen) atoms. The fraction of sp³-hybridized carbons (Fsp3) is 0.200. The average molecular weight is 358 g/mol. The summed E-state index contributed by atoms with van der Waals surface area (Å²) in [5.41, 5.74) is -0.699. The third kappa shape index (κ3) is 3.74. The number of benzene rings is 1. The molecule has 0 spiro atoms. The zero-order valence-corrected chi connectivity index (χ0v) is 13.2. The number of amides is 2. The highest BCUT2D eigenvalue weighted by atomic mass is 32.1. The lowest BCUT2D eigenvalue weighted by Crippen LogP contribution is -2.21. The molecule has 0 bridgehead atoms. The summed E-state index contributed by atoms with van der Waals surface area (Å²) in [7, 11) is 1.55. The monoisotopic (exact) mass is 358 g/mol. The van der Waals surface area contributed by atoms with Crippen LogP contribution in [0.3, 0.4) is 0 Å². The molecular formula is C15H13F3N2O3S. The first-order chi connectivity index (χ1) is 11.3. The molecule has 2 aromatic rings. The predicted octanol–water partition coefficient (Wildman–Crippen LogP) is 2.78. The van der Waals surface area contributed by atoms with Gasteiger partial charge in [-0.1, -0.05) is 12.1 Å². The van der Waals surface area contributed by atoms with Gasteiger partial charge in [-0.2, -0.15) is 13.2 Å². The Labute approximate surface area is 139 Å². The number of imide groups is 1.